The van der Waals surface area contributed by atoms with Gasteiger partial charge in [-0.05, 0) is 142 Å². The molecule has 0 aromatic rings. The molecule has 30 nitrogen and oxygen atoms in total. The van der Waals surface area contributed by atoms with Crippen molar-refractivity contribution in [2.24, 2.45) is 0 Å². The lowest BCUT2D eigenvalue weighted by Crippen LogP contribution is -2.45. The maximum atomic E-state index is 5.89. The van der Waals surface area contributed by atoms with E-state index < -0.39 is 88.0 Å². The summed E-state index contributed by atoms with van der Waals surface area (Å²) in [6.45, 7) is 61.2. The van der Waals surface area contributed by atoms with Crippen LogP contribution in [0.15, 0.2) is 0 Å². The first kappa shape index (κ1) is 167. The normalized spacial score (nSPS) is 11.9. The van der Waals surface area contributed by atoms with Crippen molar-refractivity contribution in [3.8, 4) is 0 Å². The van der Waals surface area contributed by atoms with Gasteiger partial charge in [-0.1, -0.05) is 281 Å². The average molecular weight is 2260 g/mol. The fourth-order valence-corrected chi connectivity index (χ4v) is 34.4. The summed E-state index contributed by atoms with van der Waals surface area (Å²) < 4.78 is 164. The lowest BCUT2D eigenvalue weighted by atomic mass is 10.1. The number of hydrogen-bond donors (Lipinski definition) is 0. The van der Waals surface area contributed by atoms with Gasteiger partial charge in [0.15, 0.2) is 0 Å². The summed E-state index contributed by atoms with van der Waals surface area (Å²) in [6, 6.07) is 7.36. The third kappa shape index (κ3) is 99.7. The van der Waals surface area contributed by atoms with Crippen LogP contribution in [0.1, 0.15) is 424 Å². The van der Waals surface area contributed by atoms with Crippen molar-refractivity contribution in [1.29, 1.82) is 0 Å². The molecule has 0 N–H and O–H groups in total. The molecule has 0 aromatic carbocycles. The van der Waals surface area contributed by atoms with E-state index in [1.807, 2.05) is 131 Å². The Hall–Kier alpha value is 0.969. The topological polar surface area (TPSA) is 277 Å². The number of hydrogen-bond acceptors (Lipinski definition) is 30. The summed E-state index contributed by atoms with van der Waals surface area (Å²) >= 11 is 0. The van der Waals surface area contributed by atoms with Crippen LogP contribution in [0, 0.1) is 0 Å². The van der Waals surface area contributed by atoms with Crippen LogP contribution in [0.5, 0.6) is 0 Å². The highest BCUT2D eigenvalue weighted by molar-refractivity contribution is 6.63. The first-order valence-corrected chi connectivity index (χ1v) is 76.6. The quantitative estimate of drug-likeness (QED) is 0.0404. The fourth-order valence-electron chi connectivity index (χ4n) is 15.0. The second-order valence-corrected chi connectivity index (χ2v) is 63.2. The molecule has 0 aliphatic carbocycles. The van der Waals surface area contributed by atoms with Gasteiger partial charge in [0.05, 0.1) is 0 Å². The molecular formula is C104H250O30Si10. The van der Waals surface area contributed by atoms with Gasteiger partial charge in [-0.15, -0.1) is 0 Å². The highest BCUT2D eigenvalue weighted by Gasteiger charge is 2.44. The second kappa shape index (κ2) is 124. The molecule has 0 rings (SSSR count). The van der Waals surface area contributed by atoms with Crippen LogP contribution < -0.4 is 0 Å². The minimum atomic E-state index is -2.39. The Bertz CT molecular complexity index is 2200. The van der Waals surface area contributed by atoms with Crippen LogP contribution in [-0.2, 0) is 133 Å². The first-order valence-electron chi connectivity index (χ1n) is 56.7. The first-order chi connectivity index (χ1) is 68.8. The van der Waals surface area contributed by atoms with Gasteiger partial charge >= 0.3 is 88.0 Å². The summed E-state index contributed by atoms with van der Waals surface area (Å²) in [5.74, 6) is 0. The molecule has 0 amide bonds. The lowest BCUT2D eigenvalue weighted by molar-refractivity contribution is 0.0698. The van der Waals surface area contributed by atoms with Gasteiger partial charge in [0, 0.05) is 267 Å². The second-order valence-electron chi connectivity index (χ2n) is 34.0. The van der Waals surface area contributed by atoms with Crippen LogP contribution in [-0.4, -0.2) is 294 Å². The van der Waals surface area contributed by atoms with E-state index in [0.29, 0.717) is 99.1 Å². The van der Waals surface area contributed by atoms with E-state index >= 15 is 0 Å². The third-order valence-electron chi connectivity index (χ3n) is 23.3. The summed E-state index contributed by atoms with van der Waals surface area (Å²) in [5, 5.41) is 0. The zero-order chi connectivity index (χ0) is 111. The van der Waals surface area contributed by atoms with Crippen LogP contribution in [0.4, 0.5) is 0 Å². The van der Waals surface area contributed by atoms with Crippen LogP contribution in [0.3, 0.4) is 0 Å². The van der Waals surface area contributed by atoms with Crippen molar-refractivity contribution < 1.29 is 133 Å². The molecule has 886 valence electrons. The van der Waals surface area contributed by atoms with E-state index in [1.54, 1.807) is 107 Å². The van der Waals surface area contributed by atoms with Crippen LogP contribution in [0.2, 0.25) is 61.4 Å². The van der Waals surface area contributed by atoms with Gasteiger partial charge in [0.25, 0.3) is 0 Å². The van der Waals surface area contributed by atoms with Crippen molar-refractivity contribution in [2.45, 2.75) is 485 Å². The molecule has 0 aliphatic rings. The molecule has 0 spiro atoms. The molecule has 0 unspecified atom stereocenters. The molecule has 0 aliphatic heterocycles. The Kier molecular flexibility index (Phi) is 144. The number of unbranched alkanes of at least 4 members (excludes halogenated alkanes) is 34. The van der Waals surface area contributed by atoms with E-state index in [1.165, 1.54) is 225 Å². The lowest BCUT2D eigenvalue weighted by Gasteiger charge is -2.28. The Labute approximate surface area is 905 Å². The van der Waals surface area contributed by atoms with Gasteiger partial charge in [-0.3, -0.25) is 0 Å². The summed E-state index contributed by atoms with van der Waals surface area (Å²) in [5.41, 5.74) is 0. The van der Waals surface area contributed by atoms with E-state index in [2.05, 4.69) is 41.5 Å². The van der Waals surface area contributed by atoms with Gasteiger partial charge in [-0.2, -0.15) is 0 Å². The minimum absolute atomic E-state index is 0. The SMILES string of the molecule is C.CCCCCCCCCCCC[Si](OC)(OC)OC.CCCCCCCCCCCC[Si](OCC)(OCC)OCC.CCCCCCCC[Si](OC)(OC)OC.CCCCCCCC[Si](OCC)(OCC)OCC.CCCCCC[Si](OC)(OC)OC.CCCCCC[Si](OCC)(OCC)OCC.CCO[Si](C)(OCC)OCC.CCO[Si](CC)(OCC)OCC.CC[Si](OC)(OC)OC.CO[Si](C)(OC)OC. The molecule has 0 saturated heterocycles. The maximum Gasteiger partial charge on any atom is 0.500 e. The highest BCUT2D eigenvalue weighted by atomic mass is 28.4. The highest BCUT2D eigenvalue weighted by Crippen LogP contribution is 2.27. The Morgan fingerprint density at radius 1 is 0.118 bits per heavy atom. The van der Waals surface area contributed by atoms with Crippen molar-refractivity contribution >= 4 is 88.0 Å². The standard InChI is InChI=1S/C18H40O3Si.C15H34O3Si.C14H32O3Si.C12H28O3Si.C11H26O3Si.C9H22O3Si.C8H20O3Si.C7H18O3Si.C5H14O3Si.C4H12O3Si.CH4/c1-5-9-10-11-12-13-14-15-16-17-18-22(19-6-2,20-7-3)21-8-4;1-5-6-7-8-9-10-11-12-13-14-15-19(16-2,17-3)18-4;1-5-9-10-11-12-13-14-18(15-6-2,16-7-3)17-8-4;1-5-9-10-11-12-16(13-6-2,14-7-3)15-8-4;1-5-6-7-8-9-10-11-15(12-2,13-3)14-4;1-5-6-7-8-9-13(10-2,11-3)12-4;1-5-9-12(8-4,10-6-2)11-7-3;1-5-8-11(4,9-6-2)10-7-3;1-5-9(6-2,7-3)8-4;1-5-8(4,6-2)7-3;/h5-18H2,1-4H3;5-15H2,1-4H3;5-14H2,1-4H3;5-12H2,1-4H3;5-11H2,1-4H3;5-9H2,1-4H3;5-8H2,1-4H3;5-7H2,1-4H3;5H2,1-4H3;1-4H3;1H4. The molecule has 144 heavy (non-hydrogen) atoms. The Morgan fingerprint density at radius 2 is 0.236 bits per heavy atom. The summed E-state index contributed by atoms with van der Waals surface area (Å²) in [4.78, 5) is 0. The predicted octanol–water partition coefficient (Wildman–Crippen LogP) is 30.2. The fraction of sp³-hybridized carbons (Fsp3) is 1.00. The van der Waals surface area contributed by atoms with Crippen LogP contribution >= 0.6 is 0 Å². The summed E-state index contributed by atoms with van der Waals surface area (Å²) in [6.07, 6.45) is 52.3. The predicted molar refractivity (Wildman–Crippen MR) is 624 cm³/mol. The Balaban J connectivity index is -0.000000153. The van der Waals surface area contributed by atoms with Crippen LogP contribution in [0.25, 0.3) is 0 Å². The monoisotopic (exact) mass is 2260 g/mol. The van der Waals surface area contributed by atoms with E-state index in [4.69, 9.17) is 133 Å². The maximum absolute atomic E-state index is 5.89. The smallest absolute Gasteiger partial charge is 0.377 e. The van der Waals surface area contributed by atoms with Crippen molar-refractivity contribution in [3.63, 3.8) is 0 Å². The van der Waals surface area contributed by atoms with E-state index in [0.717, 1.165) is 80.5 Å². The summed E-state index contributed by atoms with van der Waals surface area (Å²) in [7, 11) is 1.85. The average Bonchev–Trinajstić information content (AvgIpc) is 0.916. The van der Waals surface area contributed by atoms with Gasteiger partial charge in [0.2, 0.25) is 0 Å². The molecule has 0 radical (unpaired) electrons. The molecule has 0 aromatic heterocycles. The van der Waals surface area contributed by atoms with Crippen molar-refractivity contribution in [2.75, 3.05) is 206 Å². The molecule has 0 atom stereocenters. The molecular weight excluding hydrogens is 2010 g/mol. The van der Waals surface area contributed by atoms with Crippen molar-refractivity contribution in [1.82, 2.24) is 0 Å². The minimum Gasteiger partial charge on any atom is -0.377 e. The molecule has 0 heterocycles. The van der Waals surface area contributed by atoms with Gasteiger partial charge in [0.1, 0.15) is 0 Å². The molecule has 40 heteroatoms. The van der Waals surface area contributed by atoms with E-state index in [9.17, 15) is 0 Å². The molecule has 0 saturated carbocycles. The van der Waals surface area contributed by atoms with Gasteiger partial charge < -0.3 is 133 Å². The zero-order valence-corrected chi connectivity index (χ0v) is 112. The number of rotatable bonds is 93. The van der Waals surface area contributed by atoms with E-state index in [-0.39, 0.29) is 7.43 Å². The molecule has 0 bridgehead atoms. The molecule has 0 fully saturated rings. The largest absolute Gasteiger partial charge is 0.500 e. The third-order valence-corrected chi connectivity index (χ3v) is 51.7. The zero-order valence-electron chi connectivity index (χ0n) is 102. The van der Waals surface area contributed by atoms with Gasteiger partial charge in [-0.25, -0.2) is 0 Å². The Morgan fingerprint density at radius 3 is 0.340 bits per heavy atom. The van der Waals surface area contributed by atoms with Crippen molar-refractivity contribution in [3.05, 3.63) is 0 Å².